The number of thiophene rings is 1. The Hall–Kier alpha value is -3.33. The molecule has 148 valence electrons. The van der Waals surface area contributed by atoms with Gasteiger partial charge in [-0.15, -0.1) is 16.4 Å². The highest BCUT2D eigenvalue weighted by atomic mass is 32.1. The fourth-order valence-electron chi connectivity index (χ4n) is 3.09. The van der Waals surface area contributed by atoms with Crippen molar-refractivity contribution >= 4 is 35.0 Å². The van der Waals surface area contributed by atoms with Gasteiger partial charge in [0.15, 0.2) is 18.1 Å². The van der Waals surface area contributed by atoms with E-state index in [-0.39, 0.29) is 18.2 Å². The lowest BCUT2D eigenvalue weighted by molar-refractivity contribution is -0.147. The maximum Gasteiger partial charge on any atom is 0.357 e. The normalized spacial score (nSPS) is 14.2. The van der Waals surface area contributed by atoms with E-state index in [2.05, 4.69) is 15.5 Å². The van der Waals surface area contributed by atoms with Crippen LogP contribution in [0.3, 0.4) is 0 Å². The quantitative estimate of drug-likeness (QED) is 0.459. The highest BCUT2D eigenvalue weighted by Crippen LogP contribution is 2.22. The Morgan fingerprint density at radius 3 is 2.62 bits per heavy atom. The first-order chi connectivity index (χ1) is 14.2. The summed E-state index contributed by atoms with van der Waals surface area (Å²) in [6.07, 6.45) is 3.62. The highest BCUT2D eigenvalue weighted by Gasteiger charge is 2.24. The molecule has 4 rings (SSSR count). The third-order valence-electron chi connectivity index (χ3n) is 4.55. The molecule has 0 N–H and O–H groups in total. The predicted octanol–water partition coefficient (Wildman–Crippen LogP) is 2.57. The van der Waals surface area contributed by atoms with Gasteiger partial charge in [-0.25, -0.2) is 4.79 Å². The molecule has 1 aliphatic heterocycles. The van der Waals surface area contributed by atoms with E-state index in [9.17, 15) is 9.59 Å². The van der Waals surface area contributed by atoms with Crippen molar-refractivity contribution < 1.29 is 14.3 Å². The third-order valence-corrected chi connectivity index (χ3v) is 5.37. The number of esters is 1. The van der Waals surface area contributed by atoms with Gasteiger partial charge in [0.05, 0.1) is 0 Å². The Bertz CT molecular complexity index is 1010. The van der Waals surface area contributed by atoms with Gasteiger partial charge in [-0.1, -0.05) is 36.4 Å². The standard InChI is InChI=1S/C20H19N5O3S/c26-18(24-10-4-5-11-24)14-28-20(27)17(13-16-9-6-12-29-16)25-19(21-22-23-25)15-7-2-1-3-8-15/h1-3,6-9,12-13H,4-5,10-11,14H2/b17-13-. The lowest BCUT2D eigenvalue weighted by Gasteiger charge is -2.15. The average Bonchev–Trinajstić information content (AvgIpc) is 3.52. The average molecular weight is 409 g/mol. The summed E-state index contributed by atoms with van der Waals surface area (Å²) in [7, 11) is 0. The van der Waals surface area contributed by atoms with E-state index in [0.717, 1.165) is 23.3 Å². The number of tetrazole rings is 1. The van der Waals surface area contributed by atoms with Crippen LogP contribution in [-0.2, 0) is 14.3 Å². The van der Waals surface area contributed by atoms with Gasteiger partial charge in [-0.05, 0) is 40.8 Å². The van der Waals surface area contributed by atoms with Crippen LogP contribution < -0.4 is 0 Å². The van der Waals surface area contributed by atoms with E-state index < -0.39 is 5.97 Å². The Kier molecular flexibility index (Phi) is 5.76. The molecule has 2 aromatic heterocycles. The summed E-state index contributed by atoms with van der Waals surface area (Å²) in [5, 5.41) is 13.7. The van der Waals surface area contributed by atoms with Crippen LogP contribution in [0.2, 0.25) is 0 Å². The molecule has 0 bridgehead atoms. The second-order valence-electron chi connectivity index (χ2n) is 6.49. The molecule has 1 aliphatic rings. The second-order valence-corrected chi connectivity index (χ2v) is 7.47. The first-order valence-corrected chi connectivity index (χ1v) is 10.1. The monoisotopic (exact) mass is 409 g/mol. The molecule has 29 heavy (non-hydrogen) atoms. The molecule has 0 spiro atoms. The van der Waals surface area contributed by atoms with Crippen LogP contribution >= 0.6 is 11.3 Å². The molecule has 9 heteroatoms. The largest absolute Gasteiger partial charge is 0.451 e. The van der Waals surface area contributed by atoms with Crippen molar-refractivity contribution in [2.24, 2.45) is 0 Å². The molecule has 1 amide bonds. The highest BCUT2D eigenvalue weighted by molar-refractivity contribution is 7.10. The van der Waals surface area contributed by atoms with Gasteiger partial charge < -0.3 is 9.64 Å². The summed E-state index contributed by atoms with van der Waals surface area (Å²) in [4.78, 5) is 27.7. The molecule has 0 saturated carbocycles. The maximum atomic E-state index is 12.9. The van der Waals surface area contributed by atoms with Crippen molar-refractivity contribution in [1.82, 2.24) is 25.1 Å². The first-order valence-electron chi connectivity index (χ1n) is 9.26. The number of carbonyl (C=O) groups is 2. The molecule has 0 radical (unpaired) electrons. The summed E-state index contributed by atoms with van der Waals surface area (Å²) in [5.74, 6) is -0.432. The van der Waals surface area contributed by atoms with Gasteiger partial charge in [0, 0.05) is 23.5 Å². The third kappa shape index (κ3) is 4.40. The van der Waals surface area contributed by atoms with Gasteiger partial charge in [-0.2, -0.15) is 4.68 Å². The van der Waals surface area contributed by atoms with Crippen LogP contribution in [-0.4, -0.2) is 56.7 Å². The molecule has 1 saturated heterocycles. The maximum absolute atomic E-state index is 12.9. The molecule has 1 aromatic carbocycles. The smallest absolute Gasteiger partial charge is 0.357 e. The summed E-state index contributed by atoms with van der Waals surface area (Å²) in [5.41, 5.74) is 0.904. The molecule has 1 fully saturated rings. The van der Waals surface area contributed by atoms with Gasteiger partial charge in [0.2, 0.25) is 0 Å². The Labute approximate surface area is 171 Å². The van der Waals surface area contributed by atoms with Crippen molar-refractivity contribution in [2.45, 2.75) is 12.8 Å². The number of carbonyl (C=O) groups excluding carboxylic acids is 2. The SMILES string of the molecule is O=C(OCC(=O)N1CCCC1)/C(=C/c1cccs1)n1nnnc1-c1ccccc1. The van der Waals surface area contributed by atoms with Crippen LogP contribution in [0.5, 0.6) is 0 Å². The van der Waals surface area contributed by atoms with Crippen LogP contribution in [0.15, 0.2) is 47.8 Å². The minimum Gasteiger partial charge on any atom is -0.451 e. The molecule has 0 aliphatic carbocycles. The van der Waals surface area contributed by atoms with Crippen LogP contribution in [0.1, 0.15) is 17.7 Å². The van der Waals surface area contributed by atoms with E-state index in [1.54, 1.807) is 11.0 Å². The fourth-order valence-corrected chi connectivity index (χ4v) is 3.74. The van der Waals surface area contributed by atoms with Crippen molar-refractivity contribution in [2.75, 3.05) is 19.7 Å². The molecule has 8 nitrogen and oxygen atoms in total. The molecular weight excluding hydrogens is 390 g/mol. The zero-order valence-electron chi connectivity index (χ0n) is 15.6. The Morgan fingerprint density at radius 1 is 1.10 bits per heavy atom. The molecular formula is C20H19N5O3S. The van der Waals surface area contributed by atoms with Crippen molar-refractivity contribution in [3.8, 4) is 11.4 Å². The number of amides is 1. The number of rotatable bonds is 6. The summed E-state index contributed by atoms with van der Waals surface area (Å²) in [6, 6.07) is 13.1. The van der Waals surface area contributed by atoms with E-state index in [1.807, 2.05) is 47.8 Å². The van der Waals surface area contributed by atoms with Crippen LogP contribution in [0.4, 0.5) is 0 Å². The van der Waals surface area contributed by atoms with E-state index in [4.69, 9.17) is 4.74 Å². The number of aromatic nitrogens is 4. The summed E-state index contributed by atoms with van der Waals surface area (Å²) >= 11 is 1.47. The zero-order valence-corrected chi connectivity index (χ0v) is 16.4. The minimum atomic E-state index is -0.657. The molecule has 3 aromatic rings. The van der Waals surface area contributed by atoms with Crippen molar-refractivity contribution in [3.63, 3.8) is 0 Å². The van der Waals surface area contributed by atoms with E-state index in [0.29, 0.717) is 18.9 Å². The Balaban J connectivity index is 1.61. The van der Waals surface area contributed by atoms with E-state index >= 15 is 0 Å². The van der Waals surface area contributed by atoms with Gasteiger partial charge in [0.1, 0.15) is 0 Å². The van der Waals surface area contributed by atoms with Gasteiger partial charge in [-0.3, -0.25) is 4.79 Å². The van der Waals surface area contributed by atoms with Crippen molar-refractivity contribution in [3.05, 3.63) is 52.7 Å². The number of hydrogen-bond donors (Lipinski definition) is 0. The number of hydrogen-bond acceptors (Lipinski definition) is 7. The van der Waals surface area contributed by atoms with Gasteiger partial charge in [0.25, 0.3) is 5.91 Å². The summed E-state index contributed by atoms with van der Waals surface area (Å²) < 4.78 is 6.68. The number of ether oxygens (including phenoxy) is 1. The van der Waals surface area contributed by atoms with Crippen LogP contribution in [0, 0.1) is 0 Å². The lowest BCUT2D eigenvalue weighted by Crippen LogP contribution is -2.32. The van der Waals surface area contributed by atoms with Crippen molar-refractivity contribution in [1.29, 1.82) is 0 Å². The number of likely N-dealkylation sites (tertiary alicyclic amines) is 1. The van der Waals surface area contributed by atoms with Gasteiger partial charge >= 0.3 is 5.97 Å². The number of nitrogens with zero attached hydrogens (tertiary/aromatic N) is 5. The topological polar surface area (TPSA) is 90.2 Å². The second kappa shape index (κ2) is 8.78. The Morgan fingerprint density at radius 2 is 1.90 bits per heavy atom. The van der Waals surface area contributed by atoms with E-state index in [1.165, 1.54) is 16.0 Å². The lowest BCUT2D eigenvalue weighted by atomic mass is 10.2. The molecule has 3 heterocycles. The first kappa shape index (κ1) is 19.0. The number of benzene rings is 1. The van der Waals surface area contributed by atoms with Crippen LogP contribution in [0.25, 0.3) is 23.2 Å². The molecule has 0 unspecified atom stereocenters. The molecule has 0 atom stereocenters. The summed E-state index contributed by atoms with van der Waals surface area (Å²) in [6.45, 7) is 1.11. The predicted molar refractivity (Wildman–Crippen MR) is 109 cm³/mol. The fraction of sp³-hybridized carbons (Fsp3) is 0.250. The minimum absolute atomic E-state index is 0.144. The zero-order chi connectivity index (χ0) is 20.1.